The van der Waals surface area contributed by atoms with Crippen LogP contribution in [0.2, 0.25) is 0 Å². The van der Waals surface area contributed by atoms with Crippen LogP contribution < -0.4 is 10.1 Å². The number of halogens is 1. The van der Waals surface area contributed by atoms with Crippen LogP contribution in [0.4, 0.5) is 4.79 Å². The van der Waals surface area contributed by atoms with E-state index in [2.05, 4.69) is 21.2 Å². The minimum absolute atomic E-state index is 0.0571. The van der Waals surface area contributed by atoms with Crippen LogP contribution in [0.5, 0.6) is 5.75 Å². The van der Waals surface area contributed by atoms with E-state index in [0.717, 1.165) is 0 Å². The van der Waals surface area contributed by atoms with Gasteiger partial charge in [0.25, 0.3) is 0 Å². The number of hydrogen-bond donors (Lipinski definition) is 2. The van der Waals surface area contributed by atoms with Gasteiger partial charge in [-0.05, 0) is 28.1 Å². The van der Waals surface area contributed by atoms with Gasteiger partial charge in [-0.2, -0.15) is 0 Å². The fraction of sp³-hybridized carbons (Fsp3) is 0.273. The van der Waals surface area contributed by atoms with Gasteiger partial charge in [-0.25, -0.2) is 9.59 Å². The van der Waals surface area contributed by atoms with Crippen molar-refractivity contribution in [2.24, 2.45) is 0 Å². The van der Waals surface area contributed by atoms with Crippen molar-refractivity contribution in [3.05, 3.63) is 28.2 Å². The molecule has 0 radical (unpaired) electrons. The number of amides is 1. The van der Waals surface area contributed by atoms with Crippen molar-refractivity contribution < 1.29 is 24.2 Å². The summed E-state index contributed by atoms with van der Waals surface area (Å²) in [5, 5.41) is 11.5. The van der Waals surface area contributed by atoms with E-state index in [9.17, 15) is 9.59 Å². The second-order valence-corrected chi connectivity index (χ2v) is 4.50. The van der Waals surface area contributed by atoms with Gasteiger partial charge in [0.2, 0.25) is 0 Å². The Bertz CT molecular complexity index is 490. The molecule has 0 bridgehead atoms. The van der Waals surface area contributed by atoms with Gasteiger partial charge >= 0.3 is 12.1 Å². The summed E-state index contributed by atoms with van der Waals surface area (Å²) in [5.74, 6) is -0.846. The fourth-order valence-corrected chi connectivity index (χ4v) is 2.01. The normalized spacial score (nSPS) is 18.1. The Morgan fingerprint density at radius 1 is 1.61 bits per heavy atom. The van der Waals surface area contributed by atoms with E-state index in [-0.39, 0.29) is 17.9 Å². The summed E-state index contributed by atoms with van der Waals surface area (Å²) >= 11 is 3.23. The van der Waals surface area contributed by atoms with Gasteiger partial charge in [0.1, 0.15) is 17.9 Å². The maximum absolute atomic E-state index is 11.0. The summed E-state index contributed by atoms with van der Waals surface area (Å²) in [5.41, 5.74) is 0.0571. The lowest BCUT2D eigenvalue weighted by molar-refractivity contribution is 0.0683. The maximum Gasteiger partial charge on any atom is 0.407 e. The average molecular weight is 316 g/mol. The highest BCUT2D eigenvalue weighted by molar-refractivity contribution is 9.10. The minimum atomic E-state index is -1.08. The van der Waals surface area contributed by atoms with Crippen LogP contribution in [-0.2, 0) is 4.74 Å². The van der Waals surface area contributed by atoms with Crippen molar-refractivity contribution in [3.8, 4) is 5.75 Å². The number of carboxylic acid groups (broad SMARTS) is 1. The lowest BCUT2D eigenvalue weighted by Gasteiger charge is -2.13. The van der Waals surface area contributed by atoms with E-state index in [1.807, 2.05) is 0 Å². The molecule has 1 unspecified atom stereocenters. The molecule has 1 amide bonds. The SMILES string of the molecule is O=C1NCC(COc2c(Br)cccc2C(=O)O)O1. The number of aromatic carboxylic acids is 1. The first-order chi connectivity index (χ1) is 8.58. The Kier molecular flexibility index (Phi) is 3.71. The third kappa shape index (κ3) is 2.73. The molecule has 1 atom stereocenters. The molecular weight excluding hydrogens is 306 g/mol. The molecule has 0 saturated carbocycles. The quantitative estimate of drug-likeness (QED) is 0.882. The van der Waals surface area contributed by atoms with Gasteiger partial charge in [0.15, 0.2) is 6.10 Å². The molecule has 1 saturated heterocycles. The standard InChI is InChI=1S/C11H10BrNO5/c12-8-3-1-2-7(10(14)15)9(8)17-5-6-4-13-11(16)18-6/h1-3,6H,4-5H2,(H,13,16)(H,14,15). The molecule has 2 N–H and O–H groups in total. The zero-order chi connectivity index (χ0) is 13.1. The highest BCUT2D eigenvalue weighted by atomic mass is 79.9. The largest absolute Gasteiger partial charge is 0.488 e. The number of alkyl carbamates (subject to hydrolysis) is 1. The Balaban J connectivity index is 2.08. The van der Waals surface area contributed by atoms with Crippen molar-refractivity contribution in [3.63, 3.8) is 0 Å². The zero-order valence-electron chi connectivity index (χ0n) is 9.18. The number of hydrogen-bond acceptors (Lipinski definition) is 4. The third-order valence-corrected chi connectivity index (χ3v) is 2.98. The second-order valence-electron chi connectivity index (χ2n) is 3.64. The Morgan fingerprint density at radius 3 is 3.00 bits per heavy atom. The van der Waals surface area contributed by atoms with Gasteiger partial charge in [-0.3, -0.25) is 0 Å². The molecular formula is C11H10BrNO5. The first-order valence-electron chi connectivity index (χ1n) is 5.17. The maximum atomic E-state index is 11.0. The van der Waals surface area contributed by atoms with Crippen LogP contribution in [0.15, 0.2) is 22.7 Å². The number of benzene rings is 1. The molecule has 6 nitrogen and oxygen atoms in total. The highest BCUT2D eigenvalue weighted by Crippen LogP contribution is 2.29. The van der Waals surface area contributed by atoms with Gasteiger partial charge in [-0.1, -0.05) is 6.07 Å². The number of carboxylic acids is 1. The Labute approximate surface area is 111 Å². The number of rotatable bonds is 4. The summed E-state index contributed by atoms with van der Waals surface area (Å²) in [4.78, 5) is 21.8. The van der Waals surface area contributed by atoms with Crippen molar-refractivity contribution in [2.75, 3.05) is 13.2 Å². The topological polar surface area (TPSA) is 84.9 Å². The molecule has 0 spiro atoms. The second kappa shape index (κ2) is 5.26. The third-order valence-electron chi connectivity index (χ3n) is 2.36. The van der Waals surface area contributed by atoms with E-state index in [1.165, 1.54) is 6.07 Å². The molecule has 7 heteroatoms. The Morgan fingerprint density at radius 2 is 2.39 bits per heavy atom. The van der Waals surface area contributed by atoms with Crippen LogP contribution in [-0.4, -0.2) is 36.4 Å². The monoisotopic (exact) mass is 315 g/mol. The molecule has 96 valence electrons. The van der Waals surface area contributed by atoms with Gasteiger partial charge in [0.05, 0.1) is 11.0 Å². The lowest BCUT2D eigenvalue weighted by Crippen LogP contribution is -2.22. The number of ether oxygens (including phenoxy) is 2. The first kappa shape index (κ1) is 12.7. The zero-order valence-corrected chi connectivity index (χ0v) is 10.8. The van der Waals surface area contributed by atoms with Gasteiger partial charge < -0.3 is 19.9 Å². The summed E-state index contributed by atoms with van der Waals surface area (Å²) in [6.45, 7) is 0.452. The lowest BCUT2D eigenvalue weighted by atomic mass is 10.2. The molecule has 1 heterocycles. The number of carbonyl (C=O) groups excluding carboxylic acids is 1. The molecule has 2 rings (SSSR count). The number of cyclic esters (lactones) is 1. The summed E-state index contributed by atoms with van der Waals surface area (Å²) in [7, 11) is 0. The Hall–Kier alpha value is -1.76. The van der Waals surface area contributed by atoms with Crippen molar-refractivity contribution in [2.45, 2.75) is 6.10 Å². The van der Waals surface area contributed by atoms with Crippen LogP contribution in [0.25, 0.3) is 0 Å². The molecule has 0 aromatic heterocycles. The van der Waals surface area contributed by atoms with Crippen LogP contribution in [0.1, 0.15) is 10.4 Å². The number of nitrogens with one attached hydrogen (secondary N) is 1. The summed E-state index contributed by atoms with van der Waals surface area (Å²) in [6.07, 6.45) is -0.902. The van der Waals surface area contributed by atoms with Crippen molar-refractivity contribution in [1.82, 2.24) is 5.32 Å². The van der Waals surface area contributed by atoms with E-state index >= 15 is 0 Å². The average Bonchev–Trinajstić information content (AvgIpc) is 2.73. The molecule has 1 aromatic carbocycles. The predicted octanol–water partition coefficient (Wildman–Crippen LogP) is 1.63. The fourth-order valence-electron chi connectivity index (χ4n) is 1.53. The molecule has 1 aliphatic rings. The highest BCUT2D eigenvalue weighted by Gasteiger charge is 2.24. The molecule has 1 aromatic rings. The minimum Gasteiger partial charge on any atom is -0.488 e. The van der Waals surface area contributed by atoms with Crippen LogP contribution in [0, 0.1) is 0 Å². The van der Waals surface area contributed by atoms with Crippen molar-refractivity contribution in [1.29, 1.82) is 0 Å². The van der Waals surface area contributed by atoms with Crippen LogP contribution in [0.3, 0.4) is 0 Å². The van der Waals surface area contributed by atoms with Gasteiger partial charge in [-0.15, -0.1) is 0 Å². The molecule has 0 aliphatic carbocycles. The van der Waals surface area contributed by atoms with Crippen molar-refractivity contribution >= 4 is 28.0 Å². The molecule has 18 heavy (non-hydrogen) atoms. The van der Waals surface area contributed by atoms with E-state index in [0.29, 0.717) is 11.0 Å². The van der Waals surface area contributed by atoms with E-state index in [1.54, 1.807) is 12.1 Å². The smallest absolute Gasteiger partial charge is 0.407 e. The van der Waals surface area contributed by atoms with E-state index in [4.69, 9.17) is 14.6 Å². The van der Waals surface area contributed by atoms with E-state index < -0.39 is 18.2 Å². The molecule has 1 aliphatic heterocycles. The summed E-state index contributed by atoms with van der Waals surface area (Å²) < 4.78 is 10.8. The number of carbonyl (C=O) groups is 2. The predicted molar refractivity (Wildman–Crippen MR) is 64.9 cm³/mol. The first-order valence-corrected chi connectivity index (χ1v) is 5.96. The van der Waals surface area contributed by atoms with Gasteiger partial charge in [0, 0.05) is 0 Å². The molecule has 1 fully saturated rings. The number of para-hydroxylation sites is 1. The summed E-state index contributed by atoms with van der Waals surface area (Å²) in [6, 6.07) is 4.74. The van der Waals surface area contributed by atoms with Crippen LogP contribution >= 0.6 is 15.9 Å².